The Morgan fingerprint density at radius 3 is 2.92 bits per heavy atom. The molecule has 0 spiro atoms. The van der Waals surface area contributed by atoms with Crippen molar-refractivity contribution in [3.05, 3.63) is 0 Å². The number of piperidine rings is 1. The first-order chi connectivity index (χ1) is 6.27. The lowest BCUT2D eigenvalue weighted by molar-refractivity contribution is -0.142. The van der Waals surface area contributed by atoms with E-state index in [0.717, 1.165) is 32.4 Å². The summed E-state index contributed by atoms with van der Waals surface area (Å²) in [5.74, 6) is -0.0610. The molecule has 2 fully saturated rings. The third kappa shape index (κ3) is 1.84. The fraction of sp³-hybridized carbons (Fsp3) is 0.889. The van der Waals surface area contributed by atoms with E-state index in [0.29, 0.717) is 6.61 Å². The van der Waals surface area contributed by atoms with Gasteiger partial charge in [-0.25, -0.2) is 0 Å². The first-order valence-corrected chi connectivity index (χ1v) is 4.93. The number of nitrogens with two attached hydrogens (primary N) is 1. The number of carbonyl (C=O) groups excluding carboxylic acids is 1. The Balaban J connectivity index is 1.95. The van der Waals surface area contributed by atoms with Crippen molar-refractivity contribution in [1.82, 2.24) is 4.90 Å². The highest BCUT2D eigenvalue weighted by molar-refractivity contribution is 5.77. The van der Waals surface area contributed by atoms with Gasteiger partial charge in [-0.2, -0.15) is 0 Å². The van der Waals surface area contributed by atoms with Crippen LogP contribution in [0.15, 0.2) is 0 Å². The van der Waals surface area contributed by atoms with Gasteiger partial charge in [-0.15, -0.1) is 0 Å². The van der Waals surface area contributed by atoms with Crippen LogP contribution in [0.4, 0.5) is 0 Å². The zero-order chi connectivity index (χ0) is 9.26. The van der Waals surface area contributed by atoms with Crippen LogP contribution in [0.5, 0.6) is 0 Å². The molecule has 2 aliphatic heterocycles. The highest BCUT2D eigenvalue weighted by Crippen LogP contribution is 2.18. The summed E-state index contributed by atoms with van der Waals surface area (Å²) >= 11 is 0. The second-order valence-electron chi connectivity index (χ2n) is 3.87. The Hall–Kier alpha value is -0.610. The fourth-order valence-electron chi connectivity index (χ4n) is 2.14. The maximum Gasteiger partial charge on any atom is 0.323 e. The van der Waals surface area contributed by atoms with Crippen LogP contribution in [0.1, 0.15) is 19.3 Å². The second-order valence-corrected chi connectivity index (χ2v) is 3.87. The molecule has 2 saturated heterocycles. The van der Waals surface area contributed by atoms with Crippen molar-refractivity contribution in [3.8, 4) is 0 Å². The largest absolute Gasteiger partial charge is 0.464 e. The molecule has 0 aromatic heterocycles. The van der Waals surface area contributed by atoms with Crippen LogP contribution in [0.3, 0.4) is 0 Å². The average molecular weight is 184 g/mol. The lowest BCUT2D eigenvalue weighted by Crippen LogP contribution is -2.49. The zero-order valence-electron chi connectivity index (χ0n) is 7.74. The number of ether oxygens (including phenoxy) is 1. The smallest absolute Gasteiger partial charge is 0.323 e. The van der Waals surface area contributed by atoms with Crippen molar-refractivity contribution in [3.63, 3.8) is 0 Å². The molecule has 0 bridgehead atoms. The lowest BCUT2D eigenvalue weighted by atomic mass is 10.0. The number of rotatable bonds is 1. The number of cyclic esters (lactones) is 1. The number of hydrogen-bond acceptors (Lipinski definition) is 4. The van der Waals surface area contributed by atoms with Gasteiger partial charge in [0.25, 0.3) is 0 Å². The van der Waals surface area contributed by atoms with Crippen molar-refractivity contribution >= 4 is 5.97 Å². The molecule has 0 saturated carbocycles. The van der Waals surface area contributed by atoms with Gasteiger partial charge < -0.3 is 10.5 Å². The summed E-state index contributed by atoms with van der Waals surface area (Å²) in [5, 5.41) is 0. The molecule has 2 rings (SSSR count). The molecule has 2 aliphatic rings. The predicted octanol–water partition coefficient (Wildman–Crippen LogP) is -0.275. The Morgan fingerprint density at radius 2 is 2.31 bits per heavy atom. The summed E-state index contributed by atoms with van der Waals surface area (Å²) in [6, 6.07) is 0.230. The number of carbonyl (C=O) groups is 1. The van der Waals surface area contributed by atoms with Crippen molar-refractivity contribution in [2.75, 3.05) is 19.7 Å². The number of hydrogen-bond donors (Lipinski definition) is 1. The minimum Gasteiger partial charge on any atom is -0.464 e. The maximum atomic E-state index is 11.3. The summed E-state index contributed by atoms with van der Waals surface area (Å²) in [7, 11) is 0. The molecule has 2 N–H and O–H groups in total. The van der Waals surface area contributed by atoms with Gasteiger partial charge in [0.1, 0.15) is 6.04 Å². The van der Waals surface area contributed by atoms with E-state index >= 15 is 0 Å². The standard InChI is InChI=1S/C9H16N2O2/c10-7-2-1-4-11(6-7)8-3-5-13-9(8)12/h7-8H,1-6,10H2. The molecule has 2 atom stereocenters. The molecule has 4 nitrogen and oxygen atoms in total. The Morgan fingerprint density at radius 1 is 1.46 bits per heavy atom. The Bertz CT molecular complexity index is 208. The molecule has 0 aliphatic carbocycles. The van der Waals surface area contributed by atoms with E-state index in [1.54, 1.807) is 0 Å². The normalized spacial score (nSPS) is 36.2. The number of likely N-dealkylation sites (tertiary alicyclic amines) is 1. The first kappa shape index (κ1) is 8.97. The SMILES string of the molecule is NC1CCCN(C2CCOC2=O)C1. The van der Waals surface area contributed by atoms with E-state index in [1.807, 2.05) is 0 Å². The number of esters is 1. The second kappa shape index (κ2) is 3.64. The minimum absolute atomic E-state index is 0.00801. The van der Waals surface area contributed by atoms with Crippen LogP contribution >= 0.6 is 0 Å². The molecule has 0 amide bonds. The van der Waals surface area contributed by atoms with Crippen molar-refractivity contribution < 1.29 is 9.53 Å². The van der Waals surface area contributed by atoms with E-state index in [4.69, 9.17) is 10.5 Å². The fourth-order valence-corrected chi connectivity index (χ4v) is 2.14. The molecule has 2 unspecified atom stereocenters. The maximum absolute atomic E-state index is 11.3. The van der Waals surface area contributed by atoms with Crippen LogP contribution in [-0.2, 0) is 9.53 Å². The average Bonchev–Trinajstić information content (AvgIpc) is 2.51. The quantitative estimate of drug-likeness (QED) is 0.570. The Labute approximate surface area is 78.0 Å². The molecule has 2 heterocycles. The van der Waals surface area contributed by atoms with Crippen molar-refractivity contribution in [2.45, 2.75) is 31.3 Å². The topological polar surface area (TPSA) is 55.6 Å². The summed E-state index contributed by atoms with van der Waals surface area (Å²) in [4.78, 5) is 13.4. The summed E-state index contributed by atoms with van der Waals surface area (Å²) < 4.78 is 4.93. The molecule has 0 radical (unpaired) electrons. The molecule has 0 aromatic carbocycles. The molecule has 74 valence electrons. The molecule has 0 aromatic rings. The van der Waals surface area contributed by atoms with E-state index in [1.165, 1.54) is 0 Å². The molecule has 13 heavy (non-hydrogen) atoms. The van der Waals surface area contributed by atoms with Crippen LogP contribution in [0.25, 0.3) is 0 Å². The van der Waals surface area contributed by atoms with Gasteiger partial charge in [-0.1, -0.05) is 0 Å². The van der Waals surface area contributed by atoms with E-state index in [9.17, 15) is 4.79 Å². The van der Waals surface area contributed by atoms with Gasteiger partial charge in [0.05, 0.1) is 6.61 Å². The third-order valence-electron chi connectivity index (χ3n) is 2.84. The van der Waals surface area contributed by atoms with E-state index in [2.05, 4.69) is 4.90 Å². The molecular formula is C9H16N2O2. The summed E-state index contributed by atoms with van der Waals surface area (Å²) in [6.45, 7) is 2.42. The summed E-state index contributed by atoms with van der Waals surface area (Å²) in [6.07, 6.45) is 3.02. The van der Waals surface area contributed by atoms with Gasteiger partial charge in [0, 0.05) is 19.0 Å². The van der Waals surface area contributed by atoms with Gasteiger partial charge >= 0.3 is 5.97 Å². The summed E-state index contributed by atoms with van der Waals surface area (Å²) in [5.41, 5.74) is 5.84. The van der Waals surface area contributed by atoms with Gasteiger partial charge in [0.2, 0.25) is 0 Å². The van der Waals surface area contributed by atoms with Crippen LogP contribution in [-0.4, -0.2) is 42.6 Å². The van der Waals surface area contributed by atoms with Crippen LogP contribution in [0, 0.1) is 0 Å². The zero-order valence-corrected chi connectivity index (χ0v) is 7.74. The van der Waals surface area contributed by atoms with Crippen LogP contribution < -0.4 is 5.73 Å². The number of nitrogens with zero attached hydrogens (tertiary/aromatic N) is 1. The predicted molar refractivity (Wildman–Crippen MR) is 48.1 cm³/mol. The van der Waals surface area contributed by atoms with Crippen LogP contribution in [0.2, 0.25) is 0 Å². The highest BCUT2D eigenvalue weighted by atomic mass is 16.5. The van der Waals surface area contributed by atoms with Gasteiger partial charge in [-0.05, 0) is 19.4 Å². The molecule has 4 heteroatoms. The minimum atomic E-state index is -0.0610. The van der Waals surface area contributed by atoms with Gasteiger partial charge in [-0.3, -0.25) is 9.69 Å². The highest BCUT2D eigenvalue weighted by Gasteiger charge is 2.34. The van der Waals surface area contributed by atoms with Crippen molar-refractivity contribution in [2.24, 2.45) is 5.73 Å². The monoisotopic (exact) mass is 184 g/mol. The van der Waals surface area contributed by atoms with E-state index < -0.39 is 0 Å². The van der Waals surface area contributed by atoms with Crippen molar-refractivity contribution in [1.29, 1.82) is 0 Å². The Kier molecular flexibility index (Phi) is 2.51. The molecular weight excluding hydrogens is 168 g/mol. The van der Waals surface area contributed by atoms with Gasteiger partial charge in [0.15, 0.2) is 0 Å². The van der Waals surface area contributed by atoms with E-state index in [-0.39, 0.29) is 18.1 Å². The third-order valence-corrected chi connectivity index (χ3v) is 2.84. The first-order valence-electron chi connectivity index (χ1n) is 4.93. The lowest BCUT2D eigenvalue weighted by Gasteiger charge is -2.33.